The summed E-state index contributed by atoms with van der Waals surface area (Å²) in [7, 11) is 0. The van der Waals surface area contributed by atoms with E-state index < -0.39 is 0 Å². The first kappa shape index (κ1) is 18.4. The minimum atomic E-state index is -0.0640. The van der Waals surface area contributed by atoms with E-state index in [0.717, 1.165) is 22.6 Å². The first-order valence-corrected chi connectivity index (χ1v) is 10.2. The molecule has 30 heavy (non-hydrogen) atoms. The molecular weight excluding hydrogens is 392 g/mol. The number of rotatable bonds is 5. The molecule has 5 heterocycles. The van der Waals surface area contributed by atoms with Crippen LogP contribution in [-0.2, 0) is 6.54 Å². The van der Waals surface area contributed by atoms with Crippen LogP contribution in [0.4, 0.5) is 0 Å². The molecule has 0 aliphatic carbocycles. The van der Waals surface area contributed by atoms with Gasteiger partial charge in [0.05, 0.1) is 29.7 Å². The highest BCUT2D eigenvalue weighted by atomic mass is 32.1. The van der Waals surface area contributed by atoms with Gasteiger partial charge in [0, 0.05) is 43.2 Å². The smallest absolute Gasteiger partial charge is 0.170 e. The molecule has 1 N–H and O–H groups in total. The molecule has 2 unspecified atom stereocenters. The maximum Gasteiger partial charge on any atom is 0.170 e. The Kier molecular flexibility index (Phi) is 4.94. The maximum absolute atomic E-state index is 5.78. The molecule has 1 aliphatic rings. The third kappa shape index (κ3) is 3.44. The minimum absolute atomic E-state index is 0.0317. The van der Waals surface area contributed by atoms with Crippen molar-refractivity contribution in [3.63, 3.8) is 0 Å². The Hall–Kier alpha value is -3.58. The van der Waals surface area contributed by atoms with Crippen molar-refractivity contribution in [2.24, 2.45) is 0 Å². The topological polar surface area (TPSA) is 58.9 Å². The molecule has 5 rings (SSSR count). The molecular formula is C23H20N6S. The summed E-state index contributed by atoms with van der Waals surface area (Å²) in [5.74, 6) is 0. The lowest BCUT2D eigenvalue weighted by molar-refractivity contribution is 0.302. The highest BCUT2D eigenvalue weighted by molar-refractivity contribution is 7.80. The third-order valence-corrected chi connectivity index (χ3v) is 5.66. The fraction of sp³-hybridized carbons (Fsp3) is 0.130. The zero-order valence-electron chi connectivity index (χ0n) is 16.2. The lowest BCUT2D eigenvalue weighted by atomic mass is 10.0. The average molecular weight is 413 g/mol. The van der Waals surface area contributed by atoms with Crippen LogP contribution in [-0.4, -0.2) is 29.5 Å². The number of hydrogen-bond acceptors (Lipinski definition) is 4. The predicted molar refractivity (Wildman–Crippen MR) is 119 cm³/mol. The van der Waals surface area contributed by atoms with Gasteiger partial charge in [-0.25, -0.2) is 0 Å². The average Bonchev–Trinajstić information content (AvgIpc) is 3.40. The molecule has 0 aromatic carbocycles. The van der Waals surface area contributed by atoms with E-state index >= 15 is 0 Å². The second-order valence-corrected chi connectivity index (χ2v) is 7.51. The first-order valence-electron chi connectivity index (χ1n) is 9.76. The van der Waals surface area contributed by atoms with Gasteiger partial charge in [-0.05, 0) is 66.3 Å². The SMILES string of the molecule is S=C1NC(c2ccccn2)C(c2cccn2-c2cccnc2)N1Cc1ccncc1. The lowest BCUT2D eigenvalue weighted by Gasteiger charge is -2.29. The van der Waals surface area contributed by atoms with Gasteiger partial charge >= 0.3 is 0 Å². The summed E-state index contributed by atoms with van der Waals surface area (Å²) in [6, 6.07) is 18.1. The van der Waals surface area contributed by atoms with Gasteiger partial charge in [-0.1, -0.05) is 6.07 Å². The normalized spacial score (nSPS) is 18.4. The number of hydrogen-bond donors (Lipinski definition) is 1. The molecule has 4 aromatic heterocycles. The number of nitrogens with one attached hydrogen (secondary N) is 1. The van der Waals surface area contributed by atoms with Crippen LogP contribution in [0.1, 0.15) is 29.0 Å². The van der Waals surface area contributed by atoms with Crippen molar-refractivity contribution in [3.8, 4) is 5.69 Å². The van der Waals surface area contributed by atoms with Crippen molar-refractivity contribution in [3.05, 3.63) is 109 Å². The zero-order valence-corrected chi connectivity index (χ0v) is 17.0. The molecule has 4 aromatic rings. The fourth-order valence-electron chi connectivity index (χ4n) is 3.95. The third-order valence-electron chi connectivity index (χ3n) is 5.31. The van der Waals surface area contributed by atoms with Gasteiger partial charge in [0.1, 0.15) is 0 Å². The summed E-state index contributed by atoms with van der Waals surface area (Å²) < 4.78 is 2.17. The lowest BCUT2D eigenvalue weighted by Crippen LogP contribution is -2.30. The Balaban J connectivity index is 1.60. The van der Waals surface area contributed by atoms with Gasteiger partial charge in [-0.2, -0.15) is 0 Å². The second kappa shape index (κ2) is 8.04. The Morgan fingerprint density at radius 1 is 0.900 bits per heavy atom. The molecule has 1 aliphatic heterocycles. The molecule has 1 saturated heterocycles. The Labute approximate surface area is 180 Å². The first-order chi connectivity index (χ1) is 14.8. The second-order valence-electron chi connectivity index (χ2n) is 7.12. The van der Waals surface area contributed by atoms with Gasteiger partial charge in [0.25, 0.3) is 0 Å². The zero-order chi connectivity index (χ0) is 20.3. The van der Waals surface area contributed by atoms with Gasteiger partial charge in [0.15, 0.2) is 5.11 Å². The van der Waals surface area contributed by atoms with E-state index in [1.807, 2.05) is 61.2 Å². The molecule has 1 fully saturated rings. The van der Waals surface area contributed by atoms with Crippen molar-refractivity contribution in [2.75, 3.05) is 0 Å². The monoisotopic (exact) mass is 412 g/mol. The Bertz CT molecular complexity index is 1130. The van der Waals surface area contributed by atoms with E-state index in [4.69, 9.17) is 12.2 Å². The molecule has 148 valence electrons. The highest BCUT2D eigenvalue weighted by Crippen LogP contribution is 2.40. The van der Waals surface area contributed by atoms with E-state index in [0.29, 0.717) is 11.7 Å². The van der Waals surface area contributed by atoms with E-state index in [1.54, 1.807) is 6.20 Å². The molecule has 0 radical (unpaired) electrons. The van der Waals surface area contributed by atoms with Crippen LogP contribution in [0, 0.1) is 0 Å². The summed E-state index contributed by atoms with van der Waals surface area (Å²) in [5, 5.41) is 4.22. The van der Waals surface area contributed by atoms with Gasteiger partial charge in [-0.15, -0.1) is 0 Å². The molecule has 7 heteroatoms. The summed E-state index contributed by atoms with van der Waals surface area (Å²) in [6.45, 7) is 0.681. The molecule has 0 amide bonds. The van der Waals surface area contributed by atoms with Crippen LogP contribution < -0.4 is 5.32 Å². The van der Waals surface area contributed by atoms with Crippen molar-refractivity contribution in [1.29, 1.82) is 0 Å². The number of thiocarbonyl (C=S) groups is 1. The molecule has 2 atom stereocenters. The van der Waals surface area contributed by atoms with E-state index in [-0.39, 0.29) is 12.1 Å². The summed E-state index contributed by atoms with van der Waals surface area (Å²) in [6.07, 6.45) is 11.2. The van der Waals surface area contributed by atoms with Crippen LogP contribution in [0.2, 0.25) is 0 Å². The molecule has 0 spiro atoms. The number of pyridine rings is 3. The van der Waals surface area contributed by atoms with E-state index in [9.17, 15) is 0 Å². The highest BCUT2D eigenvalue weighted by Gasteiger charge is 2.41. The maximum atomic E-state index is 5.78. The Morgan fingerprint density at radius 2 is 1.80 bits per heavy atom. The largest absolute Gasteiger partial charge is 0.352 e. The van der Waals surface area contributed by atoms with Crippen molar-refractivity contribution in [1.82, 2.24) is 29.7 Å². The summed E-state index contributed by atoms with van der Waals surface area (Å²) in [5.41, 5.74) is 4.25. The fourth-order valence-corrected chi connectivity index (χ4v) is 4.25. The number of nitrogens with zero attached hydrogens (tertiary/aromatic N) is 5. The van der Waals surface area contributed by atoms with Crippen LogP contribution in [0.3, 0.4) is 0 Å². The van der Waals surface area contributed by atoms with Crippen LogP contribution in [0.5, 0.6) is 0 Å². The van der Waals surface area contributed by atoms with Crippen LogP contribution in [0.25, 0.3) is 5.69 Å². The quantitative estimate of drug-likeness (QED) is 0.503. The van der Waals surface area contributed by atoms with Crippen LogP contribution in [0.15, 0.2) is 91.8 Å². The Morgan fingerprint density at radius 3 is 2.57 bits per heavy atom. The molecule has 0 saturated carbocycles. The molecule has 0 bridgehead atoms. The minimum Gasteiger partial charge on any atom is -0.352 e. The predicted octanol–water partition coefficient (Wildman–Crippen LogP) is 3.84. The standard InChI is InChI=1S/C23H20N6S/c30-23-27-21(19-6-1-2-11-26-19)22(29(23)16-17-8-12-24-13-9-17)20-7-4-14-28(20)18-5-3-10-25-15-18/h1-15,21-22H,16H2,(H,27,30). The van der Waals surface area contributed by atoms with E-state index in [1.165, 1.54) is 0 Å². The van der Waals surface area contributed by atoms with Crippen molar-refractivity contribution < 1.29 is 0 Å². The molecule has 6 nitrogen and oxygen atoms in total. The summed E-state index contributed by atoms with van der Waals surface area (Å²) in [4.78, 5) is 15.3. The summed E-state index contributed by atoms with van der Waals surface area (Å²) >= 11 is 5.78. The van der Waals surface area contributed by atoms with Gasteiger partial charge in [-0.3, -0.25) is 15.0 Å². The van der Waals surface area contributed by atoms with E-state index in [2.05, 4.69) is 54.1 Å². The van der Waals surface area contributed by atoms with Gasteiger partial charge < -0.3 is 14.8 Å². The number of aromatic nitrogens is 4. The van der Waals surface area contributed by atoms with Crippen molar-refractivity contribution >= 4 is 17.3 Å². The van der Waals surface area contributed by atoms with Crippen LogP contribution >= 0.6 is 12.2 Å². The van der Waals surface area contributed by atoms with Crippen molar-refractivity contribution in [2.45, 2.75) is 18.6 Å². The van der Waals surface area contributed by atoms with Gasteiger partial charge in [0.2, 0.25) is 0 Å².